The first-order valence-electron chi connectivity index (χ1n) is 7.57. The first-order chi connectivity index (χ1) is 11.9. The Labute approximate surface area is 141 Å². The summed E-state index contributed by atoms with van der Waals surface area (Å²) in [5.41, 5.74) is 0.0329. The minimum absolute atomic E-state index is 0.176. The number of benzene rings is 1. The van der Waals surface area contributed by atoms with Gasteiger partial charge >= 0.3 is 6.18 Å². The van der Waals surface area contributed by atoms with Gasteiger partial charge in [-0.15, -0.1) is 0 Å². The summed E-state index contributed by atoms with van der Waals surface area (Å²) in [7, 11) is 0. The van der Waals surface area contributed by atoms with Crippen LogP contribution in [0.15, 0.2) is 36.7 Å². The molecule has 0 atom stereocenters. The fraction of sp³-hybridized carbons (Fsp3) is 0.312. The molecule has 0 spiro atoms. The second-order valence-corrected chi connectivity index (χ2v) is 5.40. The SMILES string of the molecule is O=C(c1cnc(Nc2ccc(C(F)(F)F)cc2)nc1)N1CCOCC1. The second kappa shape index (κ2) is 7.06. The largest absolute Gasteiger partial charge is 0.416 e. The molecular formula is C16H15F3N4O2. The van der Waals surface area contributed by atoms with Gasteiger partial charge < -0.3 is 15.0 Å². The van der Waals surface area contributed by atoms with E-state index >= 15 is 0 Å². The van der Waals surface area contributed by atoms with E-state index in [-0.39, 0.29) is 11.9 Å². The van der Waals surface area contributed by atoms with Gasteiger partial charge in [0.1, 0.15) is 0 Å². The zero-order valence-electron chi connectivity index (χ0n) is 13.1. The van der Waals surface area contributed by atoms with E-state index in [1.807, 2.05) is 0 Å². The van der Waals surface area contributed by atoms with E-state index in [0.29, 0.717) is 37.6 Å². The molecule has 3 rings (SSSR count). The van der Waals surface area contributed by atoms with Crippen molar-refractivity contribution in [1.82, 2.24) is 14.9 Å². The molecule has 1 fully saturated rings. The third-order valence-corrected chi connectivity index (χ3v) is 3.67. The van der Waals surface area contributed by atoms with Gasteiger partial charge in [0.2, 0.25) is 5.95 Å². The number of alkyl halides is 3. The van der Waals surface area contributed by atoms with Crippen LogP contribution >= 0.6 is 0 Å². The Morgan fingerprint density at radius 3 is 2.24 bits per heavy atom. The Balaban J connectivity index is 1.65. The van der Waals surface area contributed by atoms with Gasteiger partial charge in [-0.1, -0.05) is 0 Å². The Kier molecular flexibility index (Phi) is 4.84. The molecule has 1 aromatic heterocycles. The van der Waals surface area contributed by atoms with Crippen molar-refractivity contribution in [3.05, 3.63) is 47.8 Å². The molecule has 0 bridgehead atoms. The lowest BCUT2D eigenvalue weighted by atomic mass is 10.2. The van der Waals surface area contributed by atoms with Crippen LogP contribution in [-0.2, 0) is 10.9 Å². The molecule has 0 unspecified atom stereocenters. The van der Waals surface area contributed by atoms with E-state index in [2.05, 4.69) is 15.3 Å². The molecule has 1 aliphatic heterocycles. The van der Waals surface area contributed by atoms with Gasteiger partial charge in [0.25, 0.3) is 5.91 Å². The van der Waals surface area contributed by atoms with E-state index in [1.165, 1.54) is 24.5 Å². The molecule has 0 radical (unpaired) electrons. The first-order valence-corrected chi connectivity index (χ1v) is 7.57. The van der Waals surface area contributed by atoms with Crippen molar-refractivity contribution in [2.75, 3.05) is 31.6 Å². The predicted molar refractivity (Wildman–Crippen MR) is 83.5 cm³/mol. The molecule has 1 aromatic carbocycles. The average molecular weight is 352 g/mol. The number of anilines is 2. The summed E-state index contributed by atoms with van der Waals surface area (Å²) in [6.45, 7) is 2.04. The van der Waals surface area contributed by atoms with E-state index in [9.17, 15) is 18.0 Å². The maximum absolute atomic E-state index is 12.5. The summed E-state index contributed by atoms with van der Waals surface area (Å²) < 4.78 is 42.8. The Morgan fingerprint density at radius 1 is 1.08 bits per heavy atom. The highest BCUT2D eigenvalue weighted by Gasteiger charge is 2.29. The molecule has 25 heavy (non-hydrogen) atoms. The second-order valence-electron chi connectivity index (χ2n) is 5.40. The van der Waals surface area contributed by atoms with Gasteiger partial charge in [-0.25, -0.2) is 9.97 Å². The fourth-order valence-corrected chi connectivity index (χ4v) is 2.32. The van der Waals surface area contributed by atoms with E-state index in [0.717, 1.165) is 12.1 Å². The topological polar surface area (TPSA) is 67.4 Å². The molecule has 2 heterocycles. The van der Waals surface area contributed by atoms with Crippen LogP contribution in [0.2, 0.25) is 0 Å². The molecule has 1 saturated heterocycles. The minimum Gasteiger partial charge on any atom is -0.378 e. The number of morpholine rings is 1. The number of hydrogen-bond acceptors (Lipinski definition) is 5. The number of carbonyl (C=O) groups excluding carboxylic acids is 1. The van der Waals surface area contributed by atoms with Crippen LogP contribution in [0.25, 0.3) is 0 Å². The lowest BCUT2D eigenvalue weighted by Crippen LogP contribution is -2.40. The highest BCUT2D eigenvalue weighted by Crippen LogP contribution is 2.30. The minimum atomic E-state index is -4.38. The third kappa shape index (κ3) is 4.24. The molecule has 1 aliphatic rings. The number of rotatable bonds is 3. The smallest absolute Gasteiger partial charge is 0.378 e. The van der Waals surface area contributed by atoms with E-state index < -0.39 is 11.7 Å². The average Bonchev–Trinajstić information content (AvgIpc) is 2.62. The predicted octanol–water partition coefficient (Wildman–Crippen LogP) is 2.71. The molecule has 6 nitrogen and oxygen atoms in total. The number of aromatic nitrogens is 2. The van der Waals surface area contributed by atoms with Gasteiger partial charge in [0.05, 0.1) is 24.3 Å². The van der Waals surface area contributed by atoms with Gasteiger partial charge in [-0.2, -0.15) is 13.2 Å². The van der Waals surface area contributed by atoms with Crippen LogP contribution in [0.4, 0.5) is 24.8 Å². The summed E-state index contributed by atoms with van der Waals surface area (Å²) in [4.78, 5) is 22.0. The quantitative estimate of drug-likeness (QED) is 0.920. The standard InChI is InChI=1S/C16H15F3N4O2/c17-16(18,19)12-1-3-13(4-2-12)22-15-20-9-11(10-21-15)14(24)23-5-7-25-8-6-23/h1-4,9-10H,5-8H2,(H,20,21,22). The van der Waals surface area contributed by atoms with E-state index in [4.69, 9.17) is 4.74 Å². The molecule has 132 valence electrons. The molecule has 1 amide bonds. The van der Waals surface area contributed by atoms with Crippen LogP contribution in [0.3, 0.4) is 0 Å². The number of ether oxygens (including phenoxy) is 1. The number of nitrogens with one attached hydrogen (secondary N) is 1. The number of carbonyl (C=O) groups is 1. The van der Waals surface area contributed by atoms with Crippen LogP contribution in [0.1, 0.15) is 15.9 Å². The van der Waals surface area contributed by atoms with Crippen molar-refractivity contribution in [2.24, 2.45) is 0 Å². The van der Waals surface area contributed by atoms with Gasteiger partial charge in [0, 0.05) is 31.2 Å². The van der Waals surface area contributed by atoms with Crippen LogP contribution in [0, 0.1) is 0 Å². The summed E-state index contributed by atoms with van der Waals surface area (Å²) in [5.74, 6) is 0.0164. The number of halogens is 3. The third-order valence-electron chi connectivity index (χ3n) is 3.67. The van der Waals surface area contributed by atoms with E-state index in [1.54, 1.807) is 4.90 Å². The normalized spacial score (nSPS) is 15.1. The highest BCUT2D eigenvalue weighted by molar-refractivity contribution is 5.93. The van der Waals surface area contributed by atoms with Crippen molar-refractivity contribution >= 4 is 17.5 Å². The maximum atomic E-state index is 12.5. The summed E-state index contributed by atoms with van der Waals surface area (Å²) >= 11 is 0. The van der Waals surface area contributed by atoms with Crippen LogP contribution in [-0.4, -0.2) is 47.1 Å². The molecule has 2 aromatic rings. The first kappa shape index (κ1) is 17.2. The molecule has 9 heteroatoms. The number of hydrogen-bond donors (Lipinski definition) is 1. The Hall–Kier alpha value is -2.68. The van der Waals surface area contributed by atoms with Gasteiger partial charge in [-0.05, 0) is 24.3 Å². The Morgan fingerprint density at radius 2 is 1.68 bits per heavy atom. The fourth-order valence-electron chi connectivity index (χ4n) is 2.32. The molecule has 0 aliphatic carbocycles. The number of amides is 1. The molecule has 1 N–H and O–H groups in total. The summed E-state index contributed by atoms with van der Waals surface area (Å²) in [6, 6.07) is 4.52. The van der Waals surface area contributed by atoms with Crippen molar-refractivity contribution < 1.29 is 22.7 Å². The molecular weight excluding hydrogens is 337 g/mol. The van der Waals surface area contributed by atoms with Crippen molar-refractivity contribution in [1.29, 1.82) is 0 Å². The summed E-state index contributed by atoms with van der Waals surface area (Å²) in [6.07, 6.45) is -1.61. The van der Waals surface area contributed by atoms with Crippen LogP contribution < -0.4 is 5.32 Å². The van der Waals surface area contributed by atoms with Gasteiger partial charge in [-0.3, -0.25) is 4.79 Å². The maximum Gasteiger partial charge on any atom is 0.416 e. The lowest BCUT2D eigenvalue weighted by Gasteiger charge is -2.26. The molecule has 0 saturated carbocycles. The summed E-state index contributed by atoms with van der Waals surface area (Å²) in [5, 5.41) is 2.79. The monoisotopic (exact) mass is 352 g/mol. The van der Waals surface area contributed by atoms with Crippen molar-refractivity contribution in [3.8, 4) is 0 Å². The Bertz CT molecular complexity index is 727. The van der Waals surface area contributed by atoms with Crippen molar-refractivity contribution in [2.45, 2.75) is 6.18 Å². The number of nitrogens with zero attached hydrogens (tertiary/aromatic N) is 3. The highest BCUT2D eigenvalue weighted by atomic mass is 19.4. The lowest BCUT2D eigenvalue weighted by molar-refractivity contribution is -0.137. The zero-order valence-corrected chi connectivity index (χ0v) is 13.1. The van der Waals surface area contributed by atoms with Gasteiger partial charge in [0.15, 0.2) is 0 Å². The van der Waals surface area contributed by atoms with Crippen molar-refractivity contribution in [3.63, 3.8) is 0 Å². The van der Waals surface area contributed by atoms with Crippen LogP contribution in [0.5, 0.6) is 0 Å². The zero-order chi connectivity index (χ0) is 17.9.